The van der Waals surface area contributed by atoms with Gasteiger partial charge in [0.25, 0.3) is 0 Å². The van der Waals surface area contributed by atoms with Crippen molar-refractivity contribution >= 4 is 5.84 Å². The monoisotopic (exact) mass is 289 g/mol. The summed E-state index contributed by atoms with van der Waals surface area (Å²) >= 11 is 0. The van der Waals surface area contributed by atoms with E-state index in [-0.39, 0.29) is 5.84 Å². The molecule has 0 saturated carbocycles. The van der Waals surface area contributed by atoms with Gasteiger partial charge in [-0.2, -0.15) is 0 Å². The first-order valence-electron chi connectivity index (χ1n) is 7.26. The molecule has 0 aliphatic heterocycles. The van der Waals surface area contributed by atoms with E-state index >= 15 is 0 Å². The topological polar surface area (TPSA) is 80.8 Å². The zero-order valence-corrected chi connectivity index (χ0v) is 13.2. The maximum absolute atomic E-state index is 7.29. The molecule has 0 spiro atoms. The van der Waals surface area contributed by atoms with Gasteiger partial charge in [0, 0.05) is 33.2 Å². The van der Waals surface area contributed by atoms with E-state index in [1.165, 1.54) is 0 Å². The lowest BCUT2D eigenvalue weighted by Gasteiger charge is -2.23. The van der Waals surface area contributed by atoms with Crippen molar-refractivity contribution in [2.75, 3.05) is 59.8 Å². The Balaban J connectivity index is 3.60. The minimum Gasteiger partial charge on any atom is -0.388 e. The van der Waals surface area contributed by atoms with Crippen LogP contribution in [0.4, 0.5) is 0 Å². The van der Waals surface area contributed by atoms with Crippen LogP contribution in [0.1, 0.15) is 20.3 Å². The van der Waals surface area contributed by atoms with Gasteiger partial charge in [-0.1, -0.05) is 13.8 Å². The lowest BCUT2D eigenvalue weighted by atomic mass is 10.2. The first-order chi connectivity index (χ1) is 9.56. The Hall–Kier alpha value is -0.690. The number of nitrogens with one attached hydrogen (secondary N) is 1. The molecule has 3 N–H and O–H groups in total. The fourth-order valence-corrected chi connectivity index (χ4v) is 1.75. The molecule has 0 aliphatic rings. The molecule has 0 fully saturated rings. The van der Waals surface area contributed by atoms with Crippen molar-refractivity contribution in [3.05, 3.63) is 0 Å². The number of ether oxygens (including phenoxy) is 3. The highest BCUT2D eigenvalue weighted by atomic mass is 16.5. The molecule has 0 aromatic carbocycles. The number of methoxy groups -OCH3 is 1. The van der Waals surface area contributed by atoms with E-state index in [9.17, 15) is 0 Å². The minimum absolute atomic E-state index is 0.242. The molecule has 0 radical (unpaired) electrons. The molecule has 20 heavy (non-hydrogen) atoms. The number of hydrogen-bond acceptors (Lipinski definition) is 5. The summed E-state index contributed by atoms with van der Waals surface area (Å²) in [5.41, 5.74) is 5.40. The van der Waals surface area contributed by atoms with Crippen molar-refractivity contribution in [1.82, 2.24) is 4.90 Å². The summed E-state index contributed by atoms with van der Waals surface area (Å²) in [6.45, 7) is 10.2. The Morgan fingerprint density at radius 1 is 1.05 bits per heavy atom. The predicted octanol–water partition coefficient (Wildman–Crippen LogP) is 0.950. The average molecular weight is 289 g/mol. The fraction of sp³-hybridized carbons (Fsp3) is 0.929. The molecule has 0 amide bonds. The maximum atomic E-state index is 7.29. The van der Waals surface area contributed by atoms with Crippen molar-refractivity contribution in [2.24, 2.45) is 11.7 Å². The van der Waals surface area contributed by atoms with Crippen LogP contribution in [0.15, 0.2) is 0 Å². The lowest BCUT2D eigenvalue weighted by Crippen LogP contribution is -2.34. The molecule has 0 aromatic rings. The van der Waals surface area contributed by atoms with Gasteiger partial charge < -0.3 is 24.8 Å². The average Bonchev–Trinajstić information content (AvgIpc) is 2.38. The third-order valence-electron chi connectivity index (χ3n) is 2.68. The number of amidine groups is 1. The summed E-state index contributed by atoms with van der Waals surface area (Å²) in [6.07, 6.45) is 0.618. The molecule has 0 saturated heterocycles. The normalized spacial score (nSPS) is 11.4. The summed E-state index contributed by atoms with van der Waals surface area (Å²) in [5.74, 6) is 0.838. The molecule has 0 aliphatic carbocycles. The minimum atomic E-state index is 0.242. The van der Waals surface area contributed by atoms with Crippen LogP contribution in [-0.2, 0) is 14.2 Å². The maximum Gasteiger partial charge on any atom is 0.0918 e. The van der Waals surface area contributed by atoms with E-state index in [1.807, 2.05) is 0 Å². The van der Waals surface area contributed by atoms with Crippen molar-refractivity contribution in [3.8, 4) is 0 Å². The predicted molar refractivity (Wildman–Crippen MR) is 81.3 cm³/mol. The fourth-order valence-electron chi connectivity index (χ4n) is 1.75. The summed E-state index contributed by atoms with van der Waals surface area (Å²) in [6, 6.07) is 0. The number of hydrogen-bond donors (Lipinski definition) is 2. The summed E-state index contributed by atoms with van der Waals surface area (Å²) in [4.78, 5) is 2.29. The van der Waals surface area contributed by atoms with E-state index in [0.717, 1.165) is 19.6 Å². The highest BCUT2D eigenvalue weighted by molar-refractivity contribution is 5.76. The van der Waals surface area contributed by atoms with Crippen LogP contribution in [-0.4, -0.2) is 70.5 Å². The highest BCUT2D eigenvalue weighted by Gasteiger charge is 2.07. The molecule has 0 atom stereocenters. The van der Waals surface area contributed by atoms with Gasteiger partial charge in [-0.15, -0.1) is 0 Å². The van der Waals surface area contributed by atoms with Crippen LogP contribution >= 0.6 is 0 Å². The Labute approximate surface area is 123 Å². The second kappa shape index (κ2) is 13.3. The third-order valence-corrected chi connectivity index (χ3v) is 2.68. The van der Waals surface area contributed by atoms with Crippen molar-refractivity contribution in [2.45, 2.75) is 20.3 Å². The van der Waals surface area contributed by atoms with Crippen molar-refractivity contribution in [1.29, 1.82) is 5.41 Å². The van der Waals surface area contributed by atoms with Crippen LogP contribution in [0.5, 0.6) is 0 Å². The largest absolute Gasteiger partial charge is 0.388 e. The van der Waals surface area contributed by atoms with E-state index < -0.39 is 0 Å². The van der Waals surface area contributed by atoms with Gasteiger partial charge in [-0.05, 0) is 5.92 Å². The van der Waals surface area contributed by atoms with Gasteiger partial charge in [0.1, 0.15) is 0 Å². The Kier molecular flexibility index (Phi) is 12.8. The number of nitrogens with two attached hydrogens (primary N) is 1. The van der Waals surface area contributed by atoms with Gasteiger partial charge in [0.15, 0.2) is 0 Å². The Morgan fingerprint density at radius 2 is 1.65 bits per heavy atom. The van der Waals surface area contributed by atoms with E-state index in [0.29, 0.717) is 45.4 Å². The number of nitrogens with zero attached hydrogens (tertiary/aromatic N) is 1. The summed E-state index contributed by atoms with van der Waals surface area (Å²) < 4.78 is 15.7. The van der Waals surface area contributed by atoms with Gasteiger partial charge >= 0.3 is 0 Å². The zero-order valence-electron chi connectivity index (χ0n) is 13.2. The van der Waals surface area contributed by atoms with Gasteiger partial charge in [-0.25, -0.2) is 0 Å². The van der Waals surface area contributed by atoms with Crippen LogP contribution in [0, 0.1) is 11.3 Å². The molecular weight excluding hydrogens is 258 g/mol. The third kappa shape index (κ3) is 13.7. The molecule has 0 heterocycles. The van der Waals surface area contributed by atoms with Crippen LogP contribution < -0.4 is 5.73 Å². The first-order valence-corrected chi connectivity index (χ1v) is 7.26. The SMILES string of the molecule is COCCOCCOCCN(CCC(=N)N)CC(C)C. The van der Waals surface area contributed by atoms with Crippen molar-refractivity contribution in [3.63, 3.8) is 0 Å². The molecule has 0 bridgehead atoms. The Morgan fingerprint density at radius 3 is 2.20 bits per heavy atom. The van der Waals surface area contributed by atoms with Crippen LogP contribution in [0.3, 0.4) is 0 Å². The second-order valence-corrected chi connectivity index (χ2v) is 5.19. The molecule has 0 aromatic heterocycles. The van der Waals surface area contributed by atoms with Crippen LogP contribution in [0.25, 0.3) is 0 Å². The van der Waals surface area contributed by atoms with E-state index in [4.69, 9.17) is 25.4 Å². The van der Waals surface area contributed by atoms with E-state index in [1.54, 1.807) is 7.11 Å². The molecular formula is C14H31N3O3. The van der Waals surface area contributed by atoms with E-state index in [2.05, 4.69) is 18.7 Å². The molecule has 6 heteroatoms. The molecule has 6 nitrogen and oxygen atoms in total. The first kappa shape index (κ1) is 19.3. The van der Waals surface area contributed by atoms with Gasteiger partial charge in [-0.3, -0.25) is 5.41 Å². The van der Waals surface area contributed by atoms with Crippen LogP contribution in [0.2, 0.25) is 0 Å². The second-order valence-electron chi connectivity index (χ2n) is 5.19. The lowest BCUT2D eigenvalue weighted by molar-refractivity contribution is 0.0190. The van der Waals surface area contributed by atoms with Gasteiger partial charge in [0.05, 0.1) is 38.9 Å². The number of rotatable bonds is 14. The zero-order chi connectivity index (χ0) is 15.2. The molecule has 120 valence electrons. The van der Waals surface area contributed by atoms with Crippen molar-refractivity contribution < 1.29 is 14.2 Å². The smallest absolute Gasteiger partial charge is 0.0918 e. The standard InChI is InChI=1S/C14H31N3O3/c1-13(2)12-17(5-4-14(15)16)6-7-19-10-11-20-9-8-18-3/h13H,4-12H2,1-3H3,(H3,15,16). The Bertz CT molecular complexity index is 238. The quantitative estimate of drug-likeness (QED) is 0.283. The summed E-state index contributed by atoms with van der Waals surface area (Å²) in [7, 11) is 1.66. The van der Waals surface area contributed by atoms with Gasteiger partial charge in [0.2, 0.25) is 0 Å². The molecule has 0 unspecified atom stereocenters. The molecule has 0 rings (SSSR count). The summed E-state index contributed by atoms with van der Waals surface area (Å²) in [5, 5.41) is 7.29. The highest BCUT2D eigenvalue weighted by Crippen LogP contribution is 2.00.